The summed E-state index contributed by atoms with van der Waals surface area (Å²) in [7, 11) is 1.53. The summed E-state index contributed by atoms with van der Waals surface area (Å²) in [4.78, 5) is 21.8. The fraction of sp³-hybridized carbons (Fsp3) is 0.0909. The molecule has 98 valence electrons. The van der Waals surface area contributed by atoms with E-state index in [0.717, 1.165) is 6.20 Å². The molecule has 2 N–H and O–H groups in total. The highest BCUT2D eigenvalue weighted by Gasteiger charge is 2.22. The number of nitro groups is 1. The van der Waals surface area contributed by atoms with Crippen molar-refractivity contribution in [2.24, 2.45) is 0 Å². The first kappa shape index (κ1) is 12.6. The SMILES string of the molecule is COc1ccc(NC(=O)c2[nH]ncc2[N+](=O)[O-])cc1. The Balaban J connectivity index is 2.16. The molecule has 8 heteroatoms. The smallest absolute Gasteiger partial charge is 0.319 e. The van der Waals surface area contributed by atoms with Gasteiger partial charge in [0.15, 0.2) is 0 Å². The second-order valence-corrected chi connectivity index (χ2v) is 3.57. The number of H-pyrrole nitrogens is 1. The van der Waals surface area contributed by atoms with Crippen molar-refractivity contribution in [1.29, 1.82) is 0 Å². The molecule has 0 aliphatic heterocycles. The minimum absolute atomic E-state index is 0.194. The van der Waals surface area contributed by atoms with Crippen molar-refractivity contribution in [3.8, 4) is 5.75 Å². The highest BCUT2D eigenvalue weighted by molar-refractivity contribution is 6.05. The van der Waals surface area contributed by atoms with E-state index in [1.54, 1.807) is 24.3 Å². The number of ether oxygens (including phenoxy) is 1. The number of hydrogen-bond donors (Lipinski definition) is 2. The van der Waals surface area contributed by atoms with Crippen LogP contribution in [0.3, 0.4) is 0 Å². The molecule has 2 aromatic rings. The molecule has 0 saturated carbocycles. The van der Waals surface area contributed by atoms with E-state index in [-0.39, 0.29) is 11.4 Å². The molecule has 0 radical (unpaired) electrons. The van der Waals surface area contributed by atoms with Crippen LogP contribution in [0.25, 0.3) is 0 Å². The quantitative estimate of drug-likeness (QED) is 0.642. The van der Waals surface area contributed by atoms with Gasteiger partial charge in [-0.15, -0.1) is 0 Å². The number of aromatic nitrogens is 2. The van der Waals surface area contributed by atoms with Crippen molar-refractivity contribution in [2.75, 3.05) is 12.4 Å². The maximum atomic E-state index is 11.8. The van der Waals surface area contributed by atoms with E-state index in [9.17, 15) is 14.9 Å². The van der Waals surface area contributed by atoms with Crippen LogP contribution in [0.15, 0.2) is 30.5 Å². The zero-order valence-corrected chi connectivity index (χ0v) is 9.91. The summed E-state index contributed by atoms with van der Waals surface area (Å²) in [6.45, 7) is 0. The van der Waals surface area contributed by atoms with Gasteiger partial charge in [0.25, 0.3) is 5.91 Å². The molecule has 1 heterocycles. The number of anilines is 1. The minimum atomic E-state index is -0.674. The van der Waals surface area contributed by atoms with E-state index in [0.29, 0.717) is 11.4 Å². The Bertz CT molecular complexity index is 605. The van der Waals surface area contributed by atoms with Crippen LogP contribution in [-0.2, 0) is 0 Å². The van der Waals surface area contributed by atoms with Gasteiger partial charge in [-0.2, -0.15) is 5.10 Å². The van der Waals surface area contributed by atoms with E-state index in [1.807, 2.05) is 0 Å². The molecular weight excluding hydrogens is 252 g/mol. The van der Waals surface area contributed by atoms with Gasteiger partial charge < -0.3 is 10.1 Å². The number of nitrogens with zero attached hydrogens (tertiary/aromatic N) is 2. The first-order chi connectivity index (χ1) is 9.11. The van der Waals surface area contributed by atoms with E-state index < -0.39 is 10.8 Å². The summed E-state index contributed by atoms with van der Waals surface area (Å²) in [5.74, 6) is 0.0138. The second kappa shape index (κ2) is 5.17. The second-order valence-electron chi connectivity index (χ2n) is 3.57. The number of methoxy groups -OCH3 is 1. The summed E-state index contributed by atoms with van der Waals surface area (Å²) in [6.07, 6.45) is 0.989. The predicted octanol–water partition coefficient (Wildman–Crippen LogP) is 1.58. The number of nitrogens with one attached hydrogen (secondary N) is 2. The zero-order valence-electron chi connectivity index (χ0n) is 9.91. The van der Waals surface area contributed by atoms with Crippen LogP contribution in [0.5, 0.6) is 5.75 Å². The van der Waals surface area contributed by atoms with Gasteiger partial charge in [0.1, 0.15) is 11.9 Å². The molecule has 0 saturated heterocycles. The van der Waals surface area contributed by atoms with Crippen LogP contribution in [0.4, 0.5) is 11.4 Å². The van der Waals surface area contributed by atoms with Gasteiger partial charge in [0, 0.05) is 5.69 Å². The number of benzene rings is 1. The van der Waals surface area contributed by atoms with Gasteiger partial charge >= 0.3 is 5.69 Å². The van der Waals surface area contributed by atoms with Crippen LogP contribution in [0.2, 0.25) is 0 Å². The van der Waals surface area contributed by atoms with Gasteiger partial charge in [-0.3, -0.25) is 20.0 Å². The number of carbonyl (C=O) groups excluding carboxylic acids is 1. The third-order valence-electron chi connectivity index (χ3n) is 2.39. The lowest BCUT2D eigenvalue weighted by Crippen LogP contribution is -2.14. The van der Waals surface area contributed by atoms with Crippen LogP contribution in [0.1, 0.15) is 10.5 Å². The van der Waals surface area contributed by atoms with Gasteiger partial charge in [0.2, 0.25) is 5.69 Å². The Labute approximate surface area is 107 Å². The number of carbonyl (C=O) groups is 1. The topological polar surface area (TPSA) is 110 Å². The number of aromatic amines is 1. The minimum Gasteiger partial charge on any atom is -0.497 e. The van der Waals surface area contributed by atoms with Gasteiger partial charge in [-0.05, 0) is 24.3 Å². The highest BCUT2D eigenvalue weighted by atomic mass is 16.6. The Hall–Kier alpha value is -2.90. The normalized spacial score (nSPS) is 9.95. The molecule has 1 aromatic heterocycles. The predicted molar refractivity (Wildman–Crippen MR) is 66.2 cm³/mol. The monoisotopic (exact) mass is 262 g/mol. The Morgan fingerprint density at radius 2 is 2.11 bits per heavy atom. The van der Waals surface area contributed by atoms with Crippen molar-refractivity contribution in [3.05, 3.63) is 46.3 Å². The molecule has 0 fully saturated rings. The van der Waals surface area contributed by atoms with Crippen LogP contribution in [0, 0.1) is 10.1 Å². The lowest BCUT2D eigenvalue weighted by molar-refractivity contribution is -0.385. The van der Waals surface area contributed by atoms with E-state index in [1.165, 1.54) is 7.11 Å². The Morgan fingerprint density at radius 3 is 2.68 bits per heavy atom. The number of amides is 1. The van der Waals surface area contributed by atoms with Gasteiger partial charge in [0.05, 0.1) is 12.0 Å². The van der Waals surface area contributed by atoms with E-state index >= 15 is 0 Å². The zero-order chi connectivity index (χ0) is 13.8. The molecule has 8 nitrogen and oxygen atoms in total. The molecule has 0 atom stereocenters. The Morgan fingerprint density at radius 1 is 1.42 bits per heavy atom. The summed E-state index contributed by atoms with van der Waals surface area (Å²) >= 11 is 0. The lowest BCUT2D eigenvalue weighted by Gasteiger charge is -2.04. The van der Waals surface area contributed by atoms with Crippen LogP contribution >= 0.6 is 0 Å². The molecule has 1 aromatic carbocycles. The van der Waals surface area contributed by atoms with E-state index in [2.05, 4.69) is 15.5 Å². The van der Waals surface area contributed by atoms with Gasteiger partial charge in [-0.25, -0.2) is 0 Å². The molecule has 0 aliphatic rings. The first-order valence-corrected chi connectivity index (χ1v) is 5.25. The molecule has 2 rings (SSSR count). The van der Waals surface area contributed by atoms with Crippen molar-refractivity contribution in [2.45, 2.75) is 0 Å². The molecular formula is C11H10N4O4. The Kier molecular flexibility index (Phi) is 3.42. The van der Waals surface area contributed by atoms with E-state index in [4.69, 9.17) is 4.74 Å². The standard InChI is InChI=1S/C11H10N4O4/c1-19-8-4-2-7(3-5-8)13-11(16)10-9(15(17)18)6-12-14-10/h2-6H,1H3,(H,12,14)(H,13,16). The largest absolute Gasteiger partial charge is 0.497 e. The molecule has 0 spiro atoms. The van der Waals surface area contributed by atoms with Crippen LogP contribution in [-0.4, -0.2) is 28.1 Å². The maximum Gasteiger partial charge on any atom is 0.319 e. The lowest BCUT2D eigenvalue weighted by atomic mass is 10.3. The molecule has 0 bridgehead atoms. The van der Waals surface area contributed by atoms with Crippen molar-refractivity contribution < 1.29 is 14.5 Å². The number of hydrogen-bond acceptors (Lipinski definition) is 5. The summed E-state index contributed by atoms with van der Waals surface area (Å²) in [6, 6.07) is 6.58. The molecule has 0 unspecified atom stereocenters. The highest BCUT2D eigenvalue weighted by Crippen LogP contribution is 2.18. The third kappa shape index (κ3) is 2.68. The molecule has 19 heavy (non-hydrogen) atoms. The number of rotatable bonds is 4. The summed E-state index contributed by atoms with van der Waals surface area (Å²) in [5, 5.41) is 19.0. The van der Waals surface area contributed by atoms with Crippen LogP contribution < -0.4 is 10.1 Å². The fourth-order valence-electron chi connectivity index (χ4n) is 1.45. The van der Waals surface area contributed by atoms with Crippen molar-refractivity contribution in [1.82, 2.24) is 10.2 Å². The summed E-state index contributed by atoms with van der Waals surface area (Å²) in [5.41, 5.74) is -0.0680. The maximum absolute atomic E-state index is 11.8. The van der Waals surface area contributed by atoms with Crippen molar-refractivity contribution in [3.63, 3.8) is 0 Å². The van der Waals surface area contributed by atoms with Gasteiger partial charge in [-0.1, -0.05) is 0 Å². The average Bonchev–Trinajstić information content (AvgIpc) is 2.89. The summed E-state index contributed by atoms with van der Waals surface area (Å²) < 4.78 is 4.98. The third-order valence-corrected chi connectivity index (χ3v) is 2.39. The van der Waals surface area contributed by atoms with Crippen molar-refractivity contribution >= 4 is 17.3 Å². The first-order valence-electron chi connectivity index (χ1n) is 5.25. The fourth-order valence-corrected chi connectivity index (χ4v) is 1.45. The molecule has 0 aliphatic carbocycles. The molecule has 1 amide bonds. The average molecular weight is 262 g/mol.